The molecule has 0 aliphatic heterocycles. The Hall–Kier alpha value is -1.91. The standard InChI is InChI=1S/C11H14N4O.C3H8.C2H6/c1-3-7-5-8-9(10(14-7)11(12)16)13-6-15(8)4-2;1-3-2;1-2/h5-6H,3-4H2,1-2H3,(H2,12,16);3H2,1-2H3;1-2H3. The molecule has 5 heteroatoms. The summed E-state index contributed by atoms with van der Waals surface area (Å²) in [6.07, 6.45) is 3.73. The molecule has 0 radical (unpaired) electrons. The first-order chi connectivity index (χ1) is 10.1. The Morgan fingerprint density at radius 1 is 1.24 bits per heavy atom. The van der Waals surface area contributed by atoms with Crippen LogP contribution in [0.15, 0.2) is 12.4 Å². The maximum absolute atomic E-state index is 11.3. The molecule has 0 aliphatic rings. The molecule has 2 aromatic rings. The van der Waals surface area contributed by atoms with Crippen LogP contribution in [0.3, 0.4) is 0 Å². The highest BCUT2D eigenvalue weighted by molar-refractivity contribution is 6.02. The van der Waals surface area contributed by atoms with Gasteiger partial charge in [0.25, 0.3) is 5.91 Å². The van der Waals surface area contributed by atoms with Gasteiger partial charge in [-0.3, -0.25) is 4.79 Å². The van der Waals surface area contributed by atoms with Crippen LogP contribution in [0.1, 0.15) is 64.1 Å². The summed E-state index contributed by atoms with van der Waals surface area (Å²) in [7, 11) is 0. The van der Waals surface area contributed by atoms with Gasteiger partial charge in [-0.1, -0.05) is 41.0 Å². The molecule has 0 unspecified atom stereocenters. The van der Waals surface area contributed by atoms with E-state index >= 15 is 0 Å². The quantitative estimate of drug-likeness (QED) is 0.940. The van der Waals surface area contributed by atoms with E-state index in [1.165, 1.54) is 6.42 Å². The minimum atomic E-state index is -0.526. The van der Waals surface area contributed by atoms with Crippen LogP contribution >= 0.6 is 0 Å². The largest absolute Gasteiger partial charge is 0.364 e. The van der Waals surface area contributed by atoms with Crippen molar-refractivity contribution < 1.29 is 4.79 Å². The van der Waals surface area contributed by atoms with Gasteiger partial charge in [-0.25, -0.2) is 9.97 Å². The van der Waals surface area contributed by atoms with E-state index in [0.717, 1.165) is 24.2 Å². The van der Waals surface area contributed by atoms with Gasteiger partial charge >= 0.3 is 0 Å². The van der Waals surface area contributed by atoms with E-state index in [1.54, 1.807) is 6.33 Å². The molecule has 0 bridgehead atoms. The summed E-state index contributed by atoms with van der Waals surface area (Å²) in [5.41, 5.74) is 7.94. The minimum absolute atomic E-state index is 0.265. The summed E-state index contributed by atoms with van der Waals surface area (Å²) >= 11 is 0. The second kappa shape index (κ2) is 9.91. The molecule has 2 N–H and O–H groups in total. The number of pyridine rings is 1. The number of imidazole rings is 1. The number of carbonyl (C=O) groups excluding carboxylic acids is 1. The molecule has 2 heterocycles. The number of rotatable bonds is 3. The fraction of sp³-hybridized carbons (Fsp3) is 0.562. The highest BCUT2D eigenvalue weighted by Crippen LogP contribution is 2.17. The lowest BCUT2D eigenvalue weighted by Gasteiger charge is -2.03. The summed E-state index contributed by atoms with van der Waals surface area (Å²) in [5.74, 6) is -0.526. The van der Waals surface area contributed by atoms with E-state index < -0.39 is 5.91 Å². The van der Waals surface area contributed by atoms with E-state index in [1.807, 2.05) is 38.3 Å². The average molecular weight is 292 g/mol. The lowest BCUT2D eigenvalue weighted by molar-refractivity contribution is 0.0997. The van der Waals surface area contributed by atoms with Crippen molar-refractivity contribution in [1.29, 1.82) is 0 Å². The van der Waals surface area contributed by atoms with Crippen LogP contribution in [-0.2, 0) is 13.0 Å². The second-order valence-electron chi connectivity index (χ2n) is 4.29. The number of amides is 1. The molecule has 2 rings (SSSR count). The number of primary amides is 1. The van der Waals surface area contributed by atoms with Crippen molar-refractivity contribution in [2.24, 2.45) is 5.73 Å². The van der Waals surface area contributed by atoms with Crippen molar-refractivity contribution in [3.63, 3.8) is 0 Å². The van der Waals surface area contributed by atoms with Gasteiger partial charge in [0, 0.05) is 12.2 Å². The normalized spacial score (nSPS) is 9.43. The lowest BCUT2D eigenvalue weighted by atomic mass is 10.2. The summed E-state index contributed by atoms with van der Waals surface area (Å²) < 4.78 is 1.97. The van der Waals surface area contributed by atoms with Crippen molar-refractivity contribution in [3.05, 3.63) is 23.8 Å². The van der Waals surface area contributed by atoms with Gasteiger partial charge in [0.05, 0.1) is 11.8 Å². The molecule has 1 amide bonds. The first-order valence-electron chi connectivity index (χ1n) is 7.73. The fourth-order valence-electron chi connectivity index (χ4n) is 1.72. The average Bonchev–Trinajstić information content (AvgIpc) is 2.91. The monoisotopic (exact) mass is 292 g/mol. The van der Waals surface area contributed by atoms with Crippen molar-refractivity contribution in [2.75, 3.05) is 0 Å². The number of hydrogen-bond donors (Lipinski definition) is 1. The molecule has 21 heavy (non-hydrogen) atoms. The number of nitrogens with two attached hydrogens (primary N) is 1. The summed E-state index contributed by atoms with van der Waals surface area (Å²) in [6, 6.07) is 1.96. The molecule has 0 aliphatic carbocycles. The third-order valence-electron chi connectivity index (χ3n) is 2.60. The minimum Gasteiger partial charge on any atom is -0.364 e. The van der Waals surface area contributed by atoms with Crippen LogP contribution in [0.5, 0.6) is 0 Å². The number of hydrogen-bond acceptors (Lipinski definition) is 3. The van der Waals surface area contributed by atoms with E-state index in [2.05, 4.69) is 23.8 Å². The van der Waals surface area contributed by atoms with Crippen LogP contribution in [0.4, 0.5) is 0 Å². The summed E-state index contributed by atoms with van der Waals surface area (Å²) in [6.45, 7) is 13.1. The van der Waals surface area contributed by atoms with Gasteiger partial charge in [0.2, 0.25) is 0 Å². The maximum Gasteiger partial charge on any atom is 0.269 e. The molecule has 0 aromatic carbocycles. The SMILES string of the molecule is CC.CCC.CCc1cc2c(ncn2CC)c(C(N)=O)n1. The van der Waals surface area contributed by atoms with Crippen LogP contribution in [0.2, 0.25) is 0 Å². The first-order valence-corrected chi connectivity index (χ1v) is 7.73. The zero-order valence-electron chi connectivity index (χ0n) is 14.1. The van der Waals surface area contributed by atoms with E-state index in [4.69, 9.17) is 5.73 Å². The predicted molar refractivity (Wildman–Crippen MR) is 88.4 cm³/mol. The van der Waals surface area contributed by atoms with Gasteiger partial charge < -0.3 is 10.3 Å². The maximum atomic E-state index is 11.3. The zero-order chi connectivity index (χ0) is 16.4. The van der Waals surface area contributed by atoms with Crippen molar-refractivity contribution in [2.45, 2.75) is 60.9 Å². The first kappa shape index (κ1) is 19.1. The summed E-state index contributed by atoms with van der Waals surface area (Å²) in [5, 5.41) is 0. The molecule has 0 saturated carbocycles. The second-order valence-corrected chi connectivity index (χ2v) is 4.29. The van der Waals surface area contributed by atoms with E-state index in [9.17, 15) is 4.79 Å². The molecular formula is C16H28N4O. The Morgan fingerprint density at radius 3 is 2.24 bits per heavy atom. The highest BCUT2D eigenvalue weighted by atomic mass is 16.1. The smallest absolute Gasteiger partial charge is 0.269 e. The zero-order valence-corrected chi connectivity index (χ0v) is 14.1. The van der Waals surface area contributed by atoms with Crippen molar-refractivity contribution in [3.8, 4) is 0 Å². The van der Waals surface area contributed by atoms with E-state index in [-0.39, 0.29) is 5.69 Å². The highest BCUT2D eigenvalue weighted by Gasteiger charge is 2.14. The van der Waals surface area contributed by atoms with Crippen molar-refractivity contribution in [1.82, 2.24) is 14.5 Å². The number of nitrogens with zero attached hydrogens (tertiary/aromatic N) is 3. The fourth-order valence-corrected chi connectivity index (χ4v) is 1.72. The van der Waals surface area contributed by atoms with Gasteiger partial charge in [0.1, 0.15) is 5.52 Å². The number of aryl methyl sites for hydroxylation is 2. The van der Waals surface area contributed by atoms with Gasteiger partial charge in [-0.15, -0.1) is 0 Å². The number of fused-ring (bicyclic) bond motifs is 1. The Morgan fingerprint density at radius 2 is 1.81 bits per heavy atom. The molecule has 0 fully saturated rings. The molecule has 0 saturated heterocycles. The van der Waals surface area contributed by atoms with Gasteiger partial charge in [0.15, 0.2) is 5.69 Å². The molecule has 0 atom stereocenters. The Kier molecular flexibility index (Phi) is 9.01. The third-order valence-corrected chi connectivity index (χ3v) is 2.60. The number of carbonyl (C=O) groups is 1. The van der Waals surface area contributed by atoms with Crippen LogP contribution in [0, 0.1) is 0 Å². The van der Waals surface area contributed by atoms with Gasteiger partial charge in [-0.05, 0) is 19.4 Å². The van der Waals surface area contributed by atoms with Gasteiger partial charge in [-0.2, -0.15) is 0 Å². The van der Waals surface area contributed by atoms with E-state index in [0.29, 0.717) is 5.52 Å². The molecule has 5 nitrogen and oxygen atoms in total. The predicted octanol–water partition coefficient (Wildman–Crippen LogP) is 3.56. The number of aromatic nitrogens is 3. The van der Waals surface area contributed by atoms with Crippen LogP contribution in [-0.4, -0.2) is 20.4 Å². The van der Waals surface area contributed by atoms with Crippen LogP contribution < -0.4 is 5.73 Å². The third kappa shape index (κ3) is 4.85. The van der Waals surface area contributed by atoms with Crippen LogP contribution in [0.25, 0.3) is 11.0 Å². The topological polar surface area (TPSA) is 73.8 Å². The molecule has 2 aromatic heterocycles. The Labute approximate surface area is 127 Å². The molecule has 118 valence electrons. The Balaban J connectivity index is 0.000000713. The Bertz CT molecular complexity index is 561. The molecular weight excluding hydrogens is 264 g/mol. The van der Waals surface area contributed by atoms with Crippen molar-refractivity contribution >= 4 is 16.9 Å². The molecule has 0 spiro atoms. The summed E-state index contributed by atoms with van der Waals surface area (Å²) in [4.78, 5) is 19.7. The lowest BCUT2D eigenvalue weighted by Crippen LogP contribution is -2.15.